The van der Waals surface area contributed by atoms with Crippen LogP contribution < -0.4 is 5.32 Å². The first kappa shape index (κ1) is 17.5. The summed E-state index contributed by atoms with van der Waals surface area (Å²) in [6.07, 6.45) is 4.77. The Hall–Kier alpha value is -1.89. The number of aliphatic hydroxyl groups is 1. The van der Waals surface area contributed by atoms with Gasteiger partial charge in [0.25, 0.3) is 5.91 Å². The highest BCUT2D eigenvalue weighted by atomic mass is 16.5. The normalized spacial score (nSPS) is 34.8. The predicted octanol–water partition coefficient (Wildman–Crippen LogP) is 1.85. The summed E-state index contributed by atoms with van der Waals surface area (Å²) in [6.45, 7) is 3.39. The van der Waals surface area contributed by atoms with E-state index in [9.17, 15) is 14.7 Å². The van der Waals surface area contributed by atoms with Crippen molar-refractivity contribution in [1.82, 2.24) is 9.78 Å². The largest absolute Gasteiger partial charge is 0.455 e. The Bertz CT molecular complexity index is 755. The average Bonchev–Trinajstić information content (AvgIpc) is 2.76. The van der Waals surface area contributed by atoms with Gasteiger partial charge in [0, 0.05) is 7.05 Å². The summed E-state index contributed by atoms with van der Waals surface area (Å²) in [7, 11) is 1.82. The van der Waals surface area contributed by atoms with E-state index in [4.69, 9.17) is 4.74 Å². The minimum atomic E-state index is -0.713. The van der Waals surface area contributed by atoms with Crippen molar-refractivity contribution >= 4 is 17.6 Å². The number of aromatic nitrogens is 2. The predicted molar refractivity (Wildman–Crippen MR) is 94.3 cm³/mol. The molecule has 26 heavy (non-hydrogen) atoms. The number of ether oxygens (including phenoxy) is 1. The second-order valence-corrected chi connectivity index (χ2v) is 8.76. The molecule has 7 nitrogen and oxygen atoms in total. The second-order valence-electron chi connectivity index (χ2n) is 8.76. The molecule has 1 aromatic rings. The third-order valence-corrected chi connectivity index (χ3v) is 6.57. The lowest BCUT2D eigenvalue weighted by molar-refractivity contribution is -0.196. The van der Waals surface area contributed by atoms with E-state index in [-0.39, 0.29) is 18.5 Å². The smallest absolute Gasteiger partial charge is 0.312 e. The molecule has 4 atom stereocenters. The van der Waals surface area contributed by atoms with Crippen molar-refractivity contribution in [3.63, 3.8) is 0 Å². The Morgan fingerprint density at radius 1 is 1.27 bits per heavy atom. The molecule has 0 aliphatic heterocycles. The van der Waals surface area contributed by atoms with Gasteiger partial charge in [0.15, 0.2) is 6.61 Å². The Balaban J connectivity index is 1.39. The van der Waals surface area contributed by atoms with Gasteiger partial charge < -0.3 is 15.2 Å². The molecule has 142 valence electrons. The lowest BCUT2D eigenvalue weighted by atomic mass is 9.48. The summed E-state index contributed by atoms with van der Waals surface area (Å²) in [5, 5.41) is 17.8. The van der Waals surface area contributed by atoms with Crippen molar-refractivity contribution in [3.8, 4) is 0 Å². The van der Waals surface area contributed by atoms with E-state index in [1.165, 1.54) is 0 Å². The highest BCUT2D eigenvalue weighted by Gasteiger charge is 2.60. The summed E-state index contributed by atoms with van der Waals surface area (Å²) < 4.78 is 7.10. The van der Waals surface area contributed by atoms with Gasteiger partial charge >= 0.3 is 5.97 Å². The van der Waals surface area contributed by atoms with Gasteiger partial charge in [-0.2, -0.15) is 5.10 Å². The highest BCUT2D eigenvalue weighted by molar-refractivity contribution is 5.94. The molecule has 1 aromatic heterocycles. The zero-order valence-corrected chi connectivity index (χ0v) is 15.7. The second kappa shape index (κ2) is 5.81. The first-order chi connectivity index (χ1) is 12.2. The quantitative estimate of drug-likeness (QED) is 0.799. The fourth-order valence-corrected chi connectivity index (χ4v) is 5.87. The number of nitrogens with one attached hydrogen (secondary N) is 1. The maximum absolute atomic E-state index is 12.8. The van der Waals surface area contributed by atoms with Crippen LogP contribution >= 0.6 is 0 Å². The SMILES string of the molecule is Cc1nn(C)c(C)c1NC(=O)COC(=O)C12C[C@@H]3C[C@@H](CC(O)(C3)C1)C2. The molecule has 0 radical (unpaired) electrons. The van der Waals surface area contributed by atoms with Gasteiger partial charge in [-0.3, -0.25) is 14.3 Å². The average molecular weight is 361 g/mol. The molecule has 0 aromatic carbocycles. The Morgan fingerprint density at radius 2 is 1.92 bits per heavy atom. The lowest BCUT2D eigenvalue weighted by Crippen LogP contribution is -2.58. The molecule has 1 amide bonds. The maximum atomic E-state index is 12.8. The molecule has 4 saturated carbocycles. The fourth-order valence-electron chi connectivity index (χ4n) is 5.87. The molecule has 7 heteroatoms. The van der Waals surface area contributed by atoms with Gasteiger partial charge in [-0.25, -0.2) is 0 Å². The lowest BCUT2D eigenvalue weighted by Gasteiger charge is -2.58. The number of aryl methyl sites for hydroxylation is 2. The molecule has 4 fully saturated rings. The number of hydrogen-bond acceptors (Lipinski definition) is 5. The van der Waals surface area contributed by atoms with Gasteiger partial charge in [0.05, 0.1) is 28.1 Å². The van der Waals surface area contributed by atoms with Gasteiger partial charge in [0.2, 0.25) is 0 Å². The molecule has 2 N–H and O–H groups in total. The van der Waals surface area contributed by atoms with Crippen molar-refractivity contribution in [2.24, 2.45) is 24.3 Å². The zero-order chi connectivity index (χ0) is 18.7. The van der Waals surface area contributed by atoms with Crippen molar-refractivity contribution in [2.45, 2.75) is 58.0 Å². The Kier molecular flexibility index (Phi) is 3.91. The van der Waals surface area contributed by atoms with Crippen LogP contribution in [0.3, 0.4) is 0 Å². The summed E-state index contributed by atoms with van der Waals surface area (Å²) >= 11 is 0. The highest BCUT2D eigenvalue weighted by Crippen LogP contribution is 2.61. The van der Waals surface area contributed by atoms with Gasteiger partial charge in [-0.1, -0.05) is 0 Å². The van der Waals surface area contributed by atoms with Crippen molar-refractivity contribution < 1.29 is 19.4 Å². The molecule has 4 aliphatic carbocycles. The summed E-state index contributed by atoms with van der Waals surface area (Å²) in [6, 6.07) is 0. The zero-order valence-electron chi connectivity index (χ0n) is 15.7. The molecule has 0 spiro atoms. The van der Waals surface area contributed by atoms with Gasteiger partial charge in [-0.05, 0) is 64.2 Å². The van der Waals surface area contributed by atoms with Crippen molar-refractivity contribution in [1.29, 1.82) is 0 Å². The van der Waals surface area contributed by atoms with E-state index in [1.807, 2.05) is 20.9 Å². The molecule has 2 unspecified atom stereocenters. The summed E-state index contributed by atoms with van der Waals surface area (Å²) in [4.78, 5) is 25.0. The number of hydrogen-bond donors (Lipinski definition) is 2. The maximum Gasteiger partial charge on any atom is 0.312 e. The van der Waals surface area contributed by atoms with E-state index in [2.05, 4.69) is 10.4 Å². The Morgan fingerprint density at radius 3 is 2.46 bits per heavy atom. The number of carbonyl (C=O) groups is 2. The third kappa shape index (κ3) is 2.82. The molecule has 4 aliphatic rings. The molecular weight excluding hydrogens is 334 g/mol. The molecule has 5 rings (SSSR count). The Labute approximate surface area is 153 Å². The number of carbonyl (C=O) groups excluding carboxylic acids is 2. The van der Waals surface area contributed by atoms with E-state index >= 15 is 0 Å². The first-order valence-electron chi connectivity index (χ1n) is 9.39. The van der Waals surface area contributed by atoms with Crippen molar-refractivity contribution in [2.75, 3.05) is 11.9 Å². The van der Waals surface area contributed by atoms with Crippen LogP contribution in [0.25, 0.3) is 0 Å². The summed E-state index contributed by atoms with van der Waals surface area (Å²) in [5.41, 5.74) is 0.935. The molecule has 0 saturated heterocycles. The van der Waals surface area contributed by atoms with Gasteiger partial charge in [-0.15, -0.1) is 0 Å². The minimum Gasteiger partial charge on any atom is -0.455 e. The topological polar surface area (TPSA) is 93.5 Å². The first-order valence-corrected chi connectivity index (χ1v) is 9.39. The van der Waals surface area contributed by atoms with Crippen LogP contribution in [0, 0.1) is 31.1 Å². The van der Waals surface area contributed by atoms with E-state index < -0.39 is 11.0 Å². The molecular formula is C19H27N3O4. The van der Waals surface area contributed by atoms with Crippen LogP contribution in [0.15, 0.2) is 0 Å². The summed E-state index contributed by atoms with van der Waals surface area (Å²) in [5.74, 6) is 0.132. The van der Waals surface area contributed by atoms with Gasteiger partial charge in [0.1, 0.15) is 0 Å². The number of anilines is 1. The van der Waals surface area contributed by atoms with Crippen LogP contribution in [0.2, 0.25) is 0 Å². The number of esters is 1. The van der Waals surface area contributed by atoms with Crippen LogP contribution in [0.5, 0.6) is 0 Å². The molecule has 4 bridgehead atoms. The third-order valence-electron chi connectivity index (χ3n) is 6.57. The monoisotopic (exact) mass is 361 g/mol. The van der Waals surface area contributed by atoms with E-state index in [1.54, 1.807) is 4.68 Å². The number of rotatable bonds is 4. The van der Waals surface area contributed by atoms with Crippen molar-refractivity contribution in [3.05, 3.63) is 11.4 Å². The number of amides is 1. The standard InChI is InChI=1S/C19H27N3O4/c1-11-16(12(2)22(3)21-11)20-15(23)9-26-17(24)18-5-13-4-14(6-18)8-19(25,7-13)10-18/h13-14,25H,4-10H2,1-3H3,(H,20,23)/t13-,14+,18?,19?. The van der Waals surface area contributed by atoms with Crippen LogP contribution in [-0.4, -0.2) is 39.0 Å². The van der Waals surface area contributed by atoms with Crippen LogP contribution in [0.4, 0.5) is 5.69 Å². The number of nitrogens with zero attached hydrogens (tertiary/aromatic N) is 2. The van der Waals surface area contributed by atoms with Crippen LogP contribution in [0.1, 0.15) is 49.9 Å². The van der Waals surface area contributed by atoms with E-state index in [0.29, 0.717) is 23.9 Å². The van der Waals surface area contributed by atoms with Crippen LogP contribution in [-0.2, 0) is 21.4 Å². The molecule has 1 heterocycles. The fraction of sp³-hybridized carbons (Fsp3) is 0.737. The minimum absolute atomic E-state index is 0.303. The van der Waals surface area contributed by atoms with E-state index in [0.717, 1.165) is 43.5 Å².